The van der Waals surface area contributed by atoms with Crippen molar-refractivity contribution in [1.29, 1.82) is 0 Å². The summed E-state index contributed by atoms with van der Waals surface area (Å²) >= 11 is 0. The predicted molar refractivity (Wildman–Crippen MR) is 86.1 cm³/mol. The summed E-state index contributed by atoms with van der Waals surface area (Å²) in [5.41, 5.74) is 7.89. The molecule has 1 aromatic heterocycles. The Kier molecular flexibility index (Phi) is 4.61. The maximum atomic E-state index is 11.4. The molecule has 0 aliphatic carbocycles. The second-order valence-corrected chi connectivity index (χ2v) is 5.67. The molecule has 0 aliphatic heterocycles. The van der Waals surface area contributed by atoms with Crippen LogP contribution < -0.4 is 0 Å². The van der Waals surface area contributed by atoms with Crippen molar-refractivity contribution >= 4 is 6.29 Å². The number of rotatable bonds is 5. The lowest BCUT2D eigenvalue weighted by molar-refractivity contribution is 0.112. The van der Waals surface area contributed by atoms with Gasteiger partial charge < -0.3 is 0 Å². The molecule has 3 nitrogen and oxygen atoms in total. The minimum absolute atomic E-state index is 0.738. The highest BCUT2D eigenvalue weighted by atomic mass is 16.1. The van der Waals surface area contributed by atoms with Crippen LogP contribution in [0.25, 0.3) is 0 Å². The van der Waals surface area contributed by atoms with Crippen molar-refractivity contribution in [3.63, 3.8) is 0 Å². The van der Waals surface area contributed by atoms with E-state index in [1.54, 1.807) is 0 Å². The maximum Gasteiger partial charge on any atom is 0.153 e. The number of hydrogen-bond acceptors (Lipinski definition) is 2. The standard InChI is InChI=1S/C18H24N2O/c1-6-17-16(11-21)18(7-2)20(19-17)10-15-13(4)8-12(3)9-14(15)5/h8-9,11H,6-7,10H2,1-5H3. The number of aldehydes is 1. The van der Waals surface area contributed by atoms with Crippen LogP contribution in [0.2, 0.25) is 0 Å². The minimum atomic E-state index is 0.738. The molecule has 0 unspecified atom stereocenters. The topological polar surface area (TPSA) is 34.9 Å². The third-order valence-corrected chi connectivity index (χ3v) is 4.11. The van der Waals surface area contributed by atoms with Crippen LogP contribution in [0.4, 0.5) is 0 Å². The monoisotopic (exact) mass is 284 g/mol. The van der Waals surface area contributed by atoms with Crippen molar-refractivity contribution in [2.45, 2.75) is 54.0 Å². The average Bonchev–Trinajstić information content (AvgIpc) is 2.79. The normalized spacial score (nSPS) is 10.9. The smallest absolute Gasteiger partial charge is 0.153 e. The molecule has 0 radical (unpaired) electrons. The SMILES string of the molecule is CCc1nn(Cc2c(C)cc(C)cc2C)c(CC)c1C=O. The molecule has 2 rings (SSSR count). The highest BCUT2D eigenvalue weighted by Crippen LogP contribution is 2.21. The van der Waals surface area contributed by atoms with Crippen LogP contribution in [0.15, 0.2) is 12.1 Å². The van der Waals surface area contributed by atoms with Crippen LogP contribution in [0.1, 0.15) is 57.8 Å². The van der Waals surface area contributed by atoms with Crippen molar-refractivity contribution in [2.75, 3.05) is 0 Å². The molecule has 112 valence electrons. The zero-order valence-electron chi connectivity index (χ0n) is 13.7. The fourth-order valence-electron chi connectivity index (χ4n) is 3.08. The summed E-state index contributed by atoms with van der Waals surface area (Å²) in [6.45, 7) is 11.3. The Morgan fingerprint density at radius 2 is 1.71 bits per heavy atom. The summed E-state index contributed by atoms with van der Waals surface area (Å²) in [6.07, 6.45) is 2.57. The van der Waals surface area contributed by atoms with Gasteiger partial charge in [-0.05, 0) is 50.3 Å². The third kappa shape index (κ3) is 2.92. The Labute approximate surface area is 127 Å². The first-order valence-corrected chi connectivity index (χ1v) is 7.62. The summed E-state index contributed by atoms with van der Waals surface area (Å²) < 4.78 is 2.01. The fraction of sp³-hybridized carbons (Fsp3) is 0.444. The van der Waals surface area contributed by atoms with Gasteiger partial charge in [0.25, 0.3) is 0 Å². The van der Waals surface area contributed by atoms with E-state index < -0.39 is 0 Å². The summed E-state index contributed by atoms with van der Waals surface area (Å²) in [4.78, 5) is 11.4. The summed E-state index contributed by atoms with van der Waals surface area (Å²) in [7, 11) is 0. The predicted octanol–water partition coefficient (Wildman–Crippen LogP) is 3.79. The quantitative estimate of drug-likeness (QED) is 0.783. The van der Waals surface area contributed by atoms with Crippen molar-refractivity contribution in [2.24, 2.45) is 0 Å². The third-order valence-electron chi connectivity index (χ3n) is 4.11. The van der Waals surface area contributed by atoms with E-state index in [4.69, 9.17) is 0 Å². The molecule has 0 N–H and O–H groups in total. The number of carbonyl (C=O) groups is 1. The van der Waals surface area contributed by atoms with Crippen LogP contribution in [0.3, 0.4) is 0 Å². The van der Waals surface area contributed by atoms with E-state index in [9.17, 15) is 4.79 Å². The van der Waals surface area contributed by atoms with Gasteiger partial charge in [0, 0.05) is 5.69 Å². The van der Waals surface area contributed by atoms with E-state index in [2.05, 4.69) is 44.9 Å². The molecule has 0 amide bonds. The summed E-state index contributed by atoms with van der Waals surface area (Å²) in [5.74, 6) is 0. The largest absolute Gasteiger partial charge is 0.298 e. The molecule has 3 heteroatoms. The van der Waals surface area contributed by atoms with Crippen LogP contribution in [0.5, 0.6) is 0 Å². The van der Waals surface area contributed by atoms with Crippen LogP contribution >= 0.6 is 0 Å². The lowest BCUT2D eigenvalue weighted by Crippen LogP contribution is -2.09. The van der Waals surface area contributed by atoms with Gasteiger partial charge in [0.05, 0.1) is 17.8 Å². The first kappa shape index (κ1) is 15.5. The number of aromatic nitrogens is 2. The van der Waals surface area contributed by atoms with E-state index >= 15 is 0 Å². The van der Waals surface area contributed by atoms with Gasteiger partial charge in [-0.1, -0.05) is 31.5 Å². The first-order chi connectivity index (χ1) is 10.0. The van der Waals surface area contributed by atoms with Crippen molar-refractivity contribution in [3.05, 3.63) is 51.3 Å². The number of hydrogen-bond donors (Lipinski definition) is 0. The number of aryl methyl sites for hydroxylation is 4. The van der Waals surface area contributed by atoms with Crippen molar-refractivity contribution in [3.8, 4) is 0 Å². The molecule has 0 bridgehead atoms. The lowest BCUT2D eigenvalue weighted by atomic mass is 10.00. The summed E-state index contributed by atoms with van der Waals surface area (Å²) in [5, 5.41) is 4.66. The molecule has 1 heterocycles. The molecule has 21 heavy (non-hydrogen) atoms. The molecular formula is C18H24N2O. The number of benzene rings is 1. The van der Waals surface area contributed by atoms with Crippen molar-refractivity contribution < 1.29 is 4.79 Å². The molecule has 2 aromatic rings. The van der Waals surface area contributed by atoms with Crippen LogP contribution in [0, 0.1) is 20.8 Å². The fourth-order valence-corrected chi connectivity index (χ4v) is 3.08. The summed E-state index contributed by atoms with van der Waals surface area (Å²) in [6, 6.07) is 4.41. The molecule has 0 spiro atoms. The minimum Gasteiger partial charge on any atom is -0.298 e. The molecule has 0 saturated carbocycles. The molecule has 0 fully saturated rings. The zero-order chi connectivity index (χ0) is 15.6. The van der Waals surface area contributed by atoms with Gasteiger partial charge in [0.1, 0.15) is 0 Å². The molecule has 0 aliphatic rings. The average molecular weight is 284 g/mol. The van der Waals surface area contributed by atoms with Crippen LogP contribution in [-0.2, 0) is 19.4 Å². The molecule has 0 saturated heterocycles. The van der Waals surface area contributed by atoms with Crippen LogP contribution in [-0.4, -0.2) is 16.1 Å². The van der Waals surface area contributed by atoms with Gasteiger partial charge in [-0.3, -0.25) is 9.48 Å². The highest BCUT2D eigenvalue weighted by molar-refractivity contribution is 5.78. The zero-order valence-corrected chi connectivity index (χ0v) is 13.7. The Morgan fingerprint density at radius 1 is 1.10 bits per heavy atom. The lowest BCUT2D eigenvalue weighted by Gasteiger charge is -2.13. The molecular weight excluding hydrogens is 260 g/mol. The van der Waals surface area contributed by atoms with Gasteiger partial charge in [-0.25, -0.2) is 0 Å². The van der Waals surface area contributed by atoms with E-state index in [0.29, 0.717) is 0 Å². The van der Waals surface area contributed by atoms with Gasteiger partial charge in [0.2, 0.25) is 0 Å². The second kappa shape index (κ2) is 6.25. The molecule has 1 aromatic carbocycles. The van der Waals surface area contributed by atoms with Gasteiger partial charge >= 0.3 is 0 Å². The Morgan fingerprint density at radius 3 is 2.19 bits per heavy atom. The second-order valence-electron chi connectivity index (χ2n) is 5.67. The van der Waals surface area contributed by atoms with E-state index in [0.717, 1.165) is 42.6 Å². The highest BCUT2D eigenvalue weighted by Gasteiger charge is 2.16. The molecule has 0 atom stereocenters. The van der Waals surface area contributed by atoms with E-state index in [1.807, 2.05) is 11.6 Å². The number of carbonyl (C=O) groups excluding carboxylic acids is 1. The van der Waals surface area contributed by atoms with Gasteiger partial charge in [0.15, 0.2) is 6.29 Å². The van der Waals surface area contributed by atoms with Gasteiger partial charge in [-0.15, -0.1) is 0 Å². The number of nitrogens with zero attached hydrogens (tertiary/aromatic N) is 2. The maximum absolute atomic E-state index is 11.4. The first-order valence-electron chi connectivity index (χ1n) is 7.62. The van der Waals surface area contributed by atoms with Crippen molar-refractivity contribution in [1.82, 2.24) is 9.78 Å². The Bertz CT molecular complexity index is 645. The van der Waals surface area contributed by atoms with E-state index in [-0.39, 0.29) is 0 Å². The Hall–Kier alpha value is -1.90. The van der Waals surface area contributed by atoms with Gasteiger partial charge in [-0.2, -0.15) is 5.10 Å². The Balaban J connectivity index is 2.49. The van der Waals surface area contributed by atoms with E-state index in [1.165, 1.54) is 22.3 Å².